The first-order chi connectivity index (χ1) is 7.88. The summed E-state index contributed by atoms with van der Waals surface area (Å²) in [7, 11) is 0. The van der Waals surface area contributed by atoms with Crippen molar-refractivity contribution in [2.45, 2.75) is 25.7 Å². The van der Waals surface area contributed by atoms with Crippen LogP contribution in [0.3, 0.4) is 0 Å². The van der Waals surface area contributed by atoms with Gasteiger partial charge < -0.3 is 0 Å². The van der Waals surface area contributed by atoms with Gasteiger partial charge in [0.2, 0.25) is 0 Å². The minimum Gasteiger partial charge on any atom is -0.0851 e. The molecule has 4 aliphatic rings. The van der Waals surface area contributed by atoms with Crippen LogP contribution in [0.1, 0.15) is 25.7 Å². The molecule has 0 spiro atoms. The summed E-state index contributed by atoms with van der Waals surface area (Å²) in [6.07, 6.45) is 20.7. The van der Waals surface area contributed by atoms with Gasteiger partial charge in [-0.1, -0.05) is 36.5 Å². The predicted molar refractivity (Wildman–Crippen MR) is 66.8 cm³/mol. The number of rotatable bonds is 2. The summed E-state index contributed by atoms with van der Waals surface area (Å²) >= 11 is 0. The molecule has 0 aromatic rings. The second-order valence-corrected chi connectivity index (χ2v) is 6.27. The van der Waals surface area contributed by atoms with Crippen molar-refractivity contribution in [2.24, 2.45) is 35.5 Å². The van der Waals surface area contributed by atoms with Gasteiger partial charge in [0.15, 0.2) is 0 Å². The summed E-state index contributed by atoms with van der Waals surface area (Å²) in [5, 5.41) is 0. The largest absolute Gasteiger partial charge is 0.0851 e. The van der Waals surface area contributed by atoms with Crippen LogP contribution in [0, 0.1) is 35.5 Å². The molecule has 0 heteroatoms. The number of hydrogen-bond acceptors (Lipinski definition) is 0. The molecule has 6 unspecified atom stereocenters. The lowest BCUT2D eigenvalue weighted by Gasteiger charge is -2.17. The van der Waals surface area contributed by atoms with E-state index in [9.17, 15) is 0 Å². The Morgan fingerprint density at radius 3 is 1.44 bits per heavy atom. The van der Waals surface area contributed by atoms with E-state index >= 15 is 0 Å². The van der Waals surface area contributed by atoms with Gasteiger partial charge in [0.25, 0.3) is 0 Å². The summed E-state index contributed by atoms with van der Waals surface area (Å²) in [6, 6.07) is 0. The van der Waals surface area contributed by atoms with Crippen molar-refractivity contribution >= 4 is 0 Å². The maximum atomic E-state index is 2.56. The highest BCUT2D eigenvalue weighted by Crippen LogP contribution is 2.46. The van der Waals surface area contributed by atoms with Gasteiger partial charge in [-0.15, -0.1) is 0 Å². The van der Waals surface area contributed by atoms with Crippen LogP contribution in [-0.2, 0) is 0 Å². The van der Waals surface area contributed by atoms with Crippen molar-refractivity contribution in [1.82, 2.24) is 0 Å². The highest BCUT2D eigenvalue weighted by molar-refractivity contribution is 5.18. The Kier molecular flexibility index (Phi) is 1.94. The van der Waals surface area contributed by atoms with E-state index in [-0.39, 0.29) is 0 Å². The van der Waals surface area contributed by atoms with E-state index in [1.165, 1.54) is 25.7 Å². The third-order valence-electron chi connectivity index (χ3n) is 5.27. The average molecular weight is 212 g/mol. The van der Waals surface area contributed by atoms with Crippen molar-refractivity contribution in [3.05, 3.63) is 36.5 Å². The van der Waals surface area contributed by atoms with Crippen molar-refractivity contribution in [2.75, 3.05) is 0 Å². The van der Waals surface area contributed by atoms with Gasteiger partial charge in [-0.25, -0.2) is 0 Å². The van der Waals surface area contributed by atoms with Crippen LogP contribution in [0.2, 0.25) is 0 Å². The molecule has 0 aromatic heterocycles. The third kappa shape index (κ3) is 1.35. The molecule has 4 aliphatic carbocycles. The van der Waals surface area contributed by atoms with Crippen molar-refractivity contribution in [3.63, 3.8) is 0 Å². The standard InChI is InChI=1S/C16H20/c1-3-13-7-11(1)9-15(13)5-6-16-10-12-2-4-14(16)8-12/h1-6,11-16H,7-10H2. The molecule has 84 valence electrons. The number of fused-ring (bicyclic) bond motifs is 4. The second kappa shape index (κ2) is 3.35. The van der Waals surface area contributed by atoms with Gasteiger partial charge in [0.05, 0.1) is 0 Å². The maximum Gasteiger partial charge on any atom is -0.0165 e. The van der Waals surface area contributed by atoms with E-state index in [4.69, 9.17) is 0 Å². The molecular weight excluding hydrogens is 192 g/mol. The molecule has 0 heterocycles. The van der Waals surface area contributed by atoms with Gasteiger partial charge in [0, 0.05) is 0 Å². The Morgan fingerprint density at radius 2 is 1.12 bits per heavy atom. The van der Waals surface area contributed by atoms with Crippen LogP contribution in [0.25, 0.3) is 0 Å². The highest BCUT2D eigenvalue weighted by Gasteiger charge is 2.36. The SMILES string of the molecule is C1=CC2CC1CC2C=CC1CC2C=CC1C2. The summed E-state index contributed by atoms with van der Waals surface area (Å²) in [6.45, 7) is 0. The van der Waals surface area contributed by atoms with E-state index in [2.05, 4.69) is 36.5 Å². The molecule has 4 rings (SSSR count). The first-order valence-electron chi connectivity index (χ1n) is 6.93. The molecule has 0 amide bonds. The third-order valence-corrected chi connectivity index (χ3v) is 5.27. The first-order valence-corrected chi connectivity index (χ1v) is 6.93. The normalized spacial score (nSPS) is 52.5. The van der Waals surface area contributed by atoms with Crippen molar-refractivity contribution in [3.8, 4) is 0 Å². The average Bonchev–Trinajstić information content (AvgIpc) is 3.05. The summed E-state index contributed by atoms with van der Waals surface area (Å²) in [4.78, 5) is 0. The van der Waals surface area contributed by atoms with E-state index in [0.29, 0.717) is 0 Å². The van der Waals surface area contributed by atoms with Crippen LogP contribution in [0.5, 0.6) is 0 Å². The van der Waals surface area contributed by atoms with Gasteiger partial charge in [0.1, 0.15) is 0 Å². The zero-order valence-corrected chi connectivity index (χ0v) is 9.76. The fraction of sp³-hybridized carbons (Fsp3) is 0.625. The highest BCUT2D eigenvalue weighted by atomic mass is 14.4. The fourth-order valence-corrected chi connectivity index (χ4v) is 4.37. The van der Waals surface area contributed by atoms with Gasteiger partial charge in [-0.05, 0) is 61.2 Å². The van der Waals surface area contributed by atoms with Gasteiger partial charge in [-0.3, -0.25) is 0 Å². The maximum absolute atomic E-state index is 2.56. The second-order valence-electron chi connectivity index (χ2n) is 6.27. The smallest absolute Gasteiger partial charge is 0.0165 e. The number of allylic oxidation sites excluding steroid dienone is 6. The molecule has 16 heavy (non-hydrogen) atoms. The zero-order chi connectivity index (χ0) is 10.5. The van der Waals surface area contributed by atoms with Gasteiger partial charge >= 0.3 is 0 Å². The molecule has 2 fully saturated rings. The molecule has 4 bridgehead atoms. The Morgan fingerprint density at radius 1 is 0.625 bits per heavy atom. The Bertz CT molecular complexity index is 337. The predicted octanol–water partition coefficient (Wildman–Crippen LogP) is 3.97. The lowest BCUT2D eigenvalue weighted by Crippen LogP contribution is -2.07. The van der Waals surface area contributed by atoms with Crippen LogP contribution in [-0.4, -0.2) is 0 Å². The Balaban J connectivity index is 1.44. The fourth-order valence-electron chi connectivity index (χ4n) is 4.37. The van der Waals surface area contributed by atoms with Crippen LogP contribution in [0.4, 0.5) is 0 Å². The molecule has 0 radical (unpaired) electrons. The van der Waals surface area contributed by atoms with Crippen LogP contribution < -0.4 is 0 Å². The van der Waals surface area contributed by atoms with Crippen LogP contribution in [0.15, 0.2) is 36.5 Å². The molecule has 0 nitrogen and oxygen atoms in total. The van der Waals surface area contributed by atoms with E-state index in [1.54, 1.807) is 0 Å². The minimum absolute atomic E-state index is 0.873. The molecule has 0 aromatic carbocycles. The topological polar surface area (TPSA) is 0 Å². The molecule has 2 saturated carbocycles. The Labute approximate surface area is 98.1 Å². The summed E-state index contributed by atoms with van der Waals surface area (Å²) < 4.78 is 0. The number of hydrogen-bond donors (Lipinski definition) is 0. The van der Waals surface area contributed by atoms with E-state index < -0.39 is 0 Å². The van der Waals surface area contributed by atoms with Gasteiger partial charge in [-0.2, -0.15) is 0 Å². The lowest BCUT2D eigenvalue weighted by atomic mass is 9.88. The summed E-state index contributed by atoms with van der Waals surface area (Å²) in [5.41, 5.74) is 0. The van der Waals surface area contributed by atoms with Crippen LogP contribution >= 0.6 is 0 Å². The Hall–Kier alpha value is -0.780. The monoisotopic (exact) mass is 212 g/mol. The van der Waals surface area contributed by atoms with E-state index in [1.807, 2.05) is 0 Å². The molecule has 0 saturated heterocycles. The first kappa shape index (κ1) is 9.27. The van der Waals surface area contributed by atoms with Crippen molar-refractivity contribution in [1.29, 1.82) is 0 Å². The van der Waals surface area contributed by atoms with E-state index in [0.717, 1.165) is 35.5 Å². The molecule has 0 aliphatic heterocycles. The summed E-state index contributed by atoms with van der Waals surface area (Å²) in [5.74, 6) is 5.35. The molecule has 0 N–H and O–H groups in total. The molecular formula is C16H20. The van der Waals surface area contributed by atoms with Crippen molar-refractivity contribution < 1.29 is 0 Å². The molecule has 6 atom stereocenters. The minimum atomic E-state index is 0.873. The quantitative estimate of drug-likeness (QED) is 0.608. The zero-order valence-electron chi connectivity index (χ0n) is 9.76. The lowest BCUT2D eigenvalue weighted by molar-refractivity contribution is 0.519.